The molecule has 0 bridgehead atoms. The van der Waals surface area contributed by atoms with Gasteiger partial charge in [0.15, 0.2) is 5.78 Å². The number of furan rings is 1. The molecular weight excluding hydrogens is 632 g/mol. The summed E-state index contributed by atoms with van der Waals surface area (Å²) < 4.78 is 5.01. The number of carbonyl (C=O) groups excluding carboxylic acids is 5. The van der Waals surface area contributed by atoms with E-state index in [9.17, 15) is 24.0 Å². The van der Waals surface area contributed by atoms with E-state index < -0.39 is 29.4 Å². The van der Waals surface area contributed by atoms with Crippen LogP contribution in [0.15, 0.2) is 71.5 Å². The highest BCUT2D eigenvalue weighted by Crippen LogP contribution is 2.23. The molecule has 1 heterocycles. The Kier molecular flexibility index (Phi) is 13.4. The molecule has 0 atom stereocenters. The van der Waals surface area contributed by atoms with Gasteiger partial charge in [0.05, 0.1) is 41.7 Å². The van der Waals surface area contributed by atoms with Gasteiger partial charge in [0.25, 0.3) is 5.91 Å². The van der Waals surface area contributed by atoms with Crippen LogP contribution in [-0.4, -0.2) is 71.1 Å². The van der Waals surface area contributed by atoms with Crippen LogP contribution in [0.25, 0.3) is 0 Å². The first-order chi connectivity index (χ1) is 23.1. The van der Waals surface area contributed by atoms with Crippen LogP contribution in [0.1, 0.15) is 56.5 Å². The minimum absolute atomic E-state index is 0.137. The summed E-state index contributed by atoms with van der Waals surface area (Å²) >= 11 is 0. The van der Waals surface area contributed by atoms with Crippen molar-refractivity contribution in [1.29, 1.82) is 0 Å². The molecule has 4 amide bonds. The molecule has 0 saturated carbocycles. The van der Waals surface area contributed by atoms with Crippen molar-refractivity contribution < 1.29 is 33.2 Å². The summed E-state index contributed by atoms with van der Waals surface area (Å²) in [6.45, 7) is 8.71. The molecule has 0 saturated heterocycles. The van der Waals surface area contributed by atoms with Crippen molar-refractivity contribution in [1.82, 2.24) is 9.80 Å². The molecule has 7 N–H and O–H groups in total. The maximum Gasteiger partial charge on any atom is 0.357 e. The number of anilines is 3. The van der Waals surface area contributed by atoms with Crippen molar-refractivity contribution in [2.45, 2.75) is 53.0 Å². The first-order valence-corrected chi connectivity index (χ1v) is 15.7. The monoisotopic (exact) mass is 678 g/mol. The van der Waals surface area contributed by atoms with Crippen LogP contribution in [-0.2, 0) is 19.2 Å². The smallest absolute Gasteiger partial charge is 0.357 e. The van der Waals surface area contributed by atoms with Gasteiger partial charge in [-0.25, -0.2) is 26.5 Å². The van der Waals surface area contributed by atoms with E-state index in [0.717, 1.165) is 15.6 Å². The average Bonchev–Trinajstić information content (AvgIpc) is 3.62. The minimum atomic E-state index is -1.13. The number of nitrogens with zero attached hydrogens (tertiary/aromatic N) is 4. The maximum absolute atomic E-state index is 13.7. The van der Waals surface area contributed by atoms with E-state index in [0.29, 0.717) is 23.5 Å². The van der Waals surface area contributed by atoms with Crippen molar-refractivity contribution in [3.05, 3.63) is 78.3 Å². The van der Waals surface area contributed by atoms with Crippen LogP contribution < -0.4 is 32.9 Å². The topological polar surface area (TPSA) is 211 Å². The third kappa shape index (κ3) is 10.6. The molecule has 49 heavy (non-hydrogen) atoms. The fourth-order valence-electron chi connectivity index (χ4n) is 4.75. The van der Waals surface area contributed by atoms with Gasteiger partial charge >= 0.3 is 12.0 Å². The quantitative estimate of drug-likeness (QED) is 0.0980. The zero-order valence-corrected chi connectivity index (χ0v) is 28.5. The lowest BCUT2D eigenvalue weighted by Crippen LogP contribution is -2.51. The van der Waals surface area contributed by atoms with E-state index in [-0.39, 0.29) is 49.9 Å². The number of hydrogen-bond acceptors (Lipinski definition) is 11. The largest absolute Gasteiger partial charge is 0.472 e. The van der Waals surface area contributed by atoms with Crippen molar-refractivity contribution in [2.75, 3.05) is 41.5 Å². The predicted octanol–water partition coefficient (Wildman–Crippen LogP) is 3.35. The molecule has 0 aliphatic rings. The van der Waals surface area contributed by atoms with Crippen LogP contribution in [0.5, 0.6) is 0 Å². The molecule has 15 heteroatoms. The summed E-state index contributed by atoms with van der Waals surface area (Å²) in [5.74, 6) is 15.3. The van der Waals surface area contributed by atoms with Gasteiger partial charge in [-0.2, -0.15) is 5.90 Å². The highest BCUT2D eigenvalue weighted by atomic mass is 16.7. The van der Waals surface area contributed by atoms with Gasteiger partial charge in [-0.3, -0.25) is 19.2 Å². The lowest BCUT2D eigenvalue weighted by molar-refractivity contribution is -0.144. The Bertz CT molecular complexity index is 1590. The molecule has 0 radical (unpaired) electrons. The molecule has 3 rings (SSSR count). The Balaban J connectivity index is 1.71. The molecule has 0 fully saturated rings. The number of amides is 4. The summed E-state index contributed by atoms with van der Waals surface area (Å²) in [6, 6.07) is 14.5. The highest BCUT2D eigenvalue weighted by molar-refractivity contribution is 6.02. The molecule has 3 aromatic rings. The van der Waals surface area contributed by atoms with E-state index in [4.69, 9.17) is 22.0 Å². The van der Waals surface area contributed by atoms with E-state index in [2.05, 4.69) is 10.2 Å². The van der Waals surface area contributed by atoms with Crippen molar-refractivity contribution in [3.63, 3.8) is 0 Å². The van der Waals surface area contributed by atoms with Gasteiger partial charge in [0, 0.05) is 18.8 Å². The predicted molar refractivity (Wildman–Crippen MR) is 185 cm³/mol. The van der Waals surface area contributed by atoms with Crippen LogP contribution in [0.4, 0.5) is 21.9 Å². The second-order valence-corrected chi connectivity index (χ2v) is 12.5. The van der Waals surface area contributed by atoms with Gasteiger partial charge in [-0.1, -0.05) is 32.0 Å². The molecule has 264 valence electrons. The molecule has 0 unspecified atom stereocenters. The second kappa shape index (κ2) is 17.2. The van der Waals surface area contributed by atoms with Gasteiger partial charge in [0.2, 0.25) is 5.91 Å². The SMILES string of the molecule is Cc1ccccc1N(N)C(=O)N(N)c1ccc(NC(C)(C)C(=O)CN(CCC(C)C)C(=O)CN(CCC(=O)ON)C(=O)c2ccoc2)cc1. The van der Waals surface area contributed by atoms with Crippen LogP contribution in [0.2, 0.25) is 0 Å². The van der Waals surface area contributed by atoms with Crippen LogP contribution in [0, 0.1) is 12.8 Å². The zero-order valence-electron chi connectivity index (χ0n) is 28.5. The lowest BCUT2D eigenvalue weighted by Gasteiger charge is -2.32. The van der Waals surface area contributed by atoms with Crippen molar-refractivity contribution >= 4 is 46.7 Å². The second-order valence-electron chi connectivity index (χ2n) is 12.5. The Morgan fingerprint density at radius 3 is 2.16 bits per heavy atom. The average molecular weight is 679 g/mol. The fraction of sp³-hybridized carbons (Fsp3) is 0.382. The van der Waals surface area contributed by atoms with E-state index in [1.807, 2.05) is 32.9 Å². The third-order valence-corrected chi connectivity index (χ3v) is 7.85. The van der Waals surface area contributed by atoms with E-state index >= 15 is 0 Å². The van der Waals surface area contributed by atoms with Crippen LogP contribution >= 0.6 is 0 Å². The van der Waals surface area contributed by atoms with Crippen molar-refractivity contribution in [2.24, 2.45) is 23.5 Å². The summed E-state index contributed by atoms with van der Waals surface area (Å²) in [5.41, 5.74) is 1.31. The molecule has 2 aromatic carbocycles. The Labute approximate surface area is 285 Å². The molecule has 0 aliphatic carbocycles. The number of hydrogen-bond donors (Lipinski definition) is 4. The van der Waals surface area contributed by atoms with Gasteiger partial charge in [-0.15, -0.1) is 0 Å². The number of nitrogens with two attached hydrogens (primary N) is 3. The number of aryl methyl sites for hydroxylation is 1. The van der Waals surface area contributed by atoms with Crippen LogP contribution in [0.3, 0.4) is 0 Å². The number of benzene rings is 2. The summed E-state index contributed by atoms with van der Waals surface area (Å²) in [5, 5.41) is 5.08. The minimum Gasteiger partial charge on any atom is -0.472 e. The first kappa shape index (κ1) is 38.2. The number of rotatable bonds is 16. The molecule has 0 aliphatic heterocycles. The lowest BCUT2D eigenvalue weighted by atomic mass is 9.97. The molecule has 1 aromatic heterocycles. The molecule has 15 nitrogen and oxygen atoms in total. The molecule has 0 spiro atoms. The highest BCUT2D eigenvalue weighted by Gasteiger charge is 2.32. The number of ketones is 1. The van der Waals surface area contributed by atoms with E-state index in [1.165, 1.54) is 28.4 Å². The number of nitrogens with one attached hydrogen (secondary N) is 1. The standard InChI is InChI=1S/C34H46N8O7/c1-23(2)14-17-39(30(44)21-40(18-15-31(45)49-37)32(46)25-16-19-48-22-25)20-29(43)34(4,5)38-26-10-12-27(13-11-26)41(35)33(47)42(36)28-9-7-6-8-24(28)3/h6-13,16,19,22-23,38H,14-15,17-18,20-21,35-37H2,1-5H3. The maximum atomic E-state index is 13.7. The fourth-order valence-corrected chi connectivity index (χ4v) is 4.75. The number of hydrazine groups is 2. The van der Waals surface area contributed by atoms with E-state index in [1.54, 1.807) is 50.2 Å². The third-order valence-electron chi connectivity index (χ3n) is 7.85. The Morgan fingerprint density at radius 2 is 1.57 bits per heavy atom. The number of para-hydroxylation sites is 1. The number of urea groups is 1. The zero-order chi connectivity index (χ0) is 36.3. The molecular formula is C34H46N8O7. The first-order valence-electron chi connectivity index (χ1n) is 15.7. The van der Waals surface area contributed by atoms with Gasteiger partial charge in [-0.05, 0) is 75.1 Å². The normalized spacial score (nSPS) is 11.1. The summed E-state index contributed by atoms with van der Waals surface area (Å²) in [6.07, 6.45) is 2.94. The Morgan fingerprint density at radius 1 is 0.898 bits per heavy atom. The number of Topliss-reactive ketones (excluding diaryl/α,β-unsaturated/α-hetero) is 1. The van der Waals surface area contributed by atoms with Gasteiger partial charge < -0.3 is 24.4 Å². The summed E-state index contributed by atoms with van der Waals surface area (Å²) in [7, 11) is 0. The Hall–Kier alpha value is -5.25. The van der Waals surface area contributed by atoms with Crippen molar-refractivity contribution in [3.8, 4) is 0 Å². The number of carbonyl (C=O) groups is 5. The van der Waals surface area contributed by atoms with Gasteiger partial charge in [0.1, 0.15) is 12.8 Å². The summed E-state index contributed by atoms with van der Waals surface area (Å²) in [4.78, 5) is 71.9.